The quantitative estimate of drug-likeness (QED) is 0.768. The van der Waals surface area contributed by atoms with Gasteiger partial charge in [-0.05, 0) is 56.8 Å². The van der Waals surface area contributed by atoms with Gasteiger partial charge in [0.15, 0.2) is 0 Å². The van der Waals surface area contributed by atoms with Crippen molar-refractivity contribution in [1.29, 1.82) is 0 Å². The van der Waals surface area contributed by atoms with Crippen molar-refractivity contribution in [2.75, 3.05) is 20.1 Å². The molecular formula is C18H28N2O. The highest BCUT2D eigenvalue weighted by atomic mass is 16.2. The summed E-state index contributed by atoms with van der Waals surface area (Å²) in [5, 5.41) is 0. The first-order valence-electron chi connectivity index (χ1n) is 8.09. The highest BCUT2D eigenvalue weighted by molar-refractivity contribution is 5.94. The third-order valence-electron chi connectivity index (χ3n) is 4.30. The van der Waals surface area contributed by atoms with E-state index in [1.54, 1.807) is 0 Å². The number of amides is 1. The van der Waals surface area contributed by atoms with E-state index in [1.807, 2.05) is 24.1 Å². The standard InChI is InChI=1S/C18H28N2O/c1-5-20(14(2)3)13-16-8-10-17(11-9-16)18(21)19(4)12-15-6-7-15/h8-11,14-15H,5-7,12-13H2,1-4H3. The van der Waals surface area contributed by atoms with E-state index in [2.05, 4.69) is 37.8 Å². The number of carbonyl (C=O) groups excluding carboxylic acids is 1. The van der Waals surface area contributed by atoms with Gasteiger partial charge in [0.25, 0.3) is 5.91 Å². The zero-order valence-corrected chi connectivity index (χ0v) is 13.8. The molecule has 0 radical (unpaired) electrons. The Morgan fingerprint density at radius 2 is 1.86 bits per heavy atom. The molecule has 1 fully saturated rings. The lowest BCUT2D eigenvalue weighted by molar-refractivity contribution is 0.0788. The van der Waals surface area contributed by atoms with Crippen LogP contribution in [0.25, 0.3) is 0 Å². The summed E-state index contributed by atoms with van der Waals surface area (Å²) in [6, 6.07) is 8.65. The highest BCUT2D eigenvalue weighted by Crippen LogP contribution is 2.29. The summed E-state index contributed by atoms with van der Waals surface area (Å²) in [5.41, 5.74) is 2.07. The SMILES string of the molecule is CCN(Cc1ccc(C(=O)N(C)CC2CC2)cc1)C(C)C. The fraction of sp³-hybridized carbons (Fsp3) is 0.611. The van der Waals surface area contributed by atoms with Gasteiger partial charge >= 0.3 is 0 Å². The van der Waals surface area contributed by atoms with Crippen molar-refractivity contribution in [3.8, 4) is 0 Å². The third-order valence-corrected chi connectivity index (χ3v) is 4.30. The molecule has 0 bridgehead atoms. The minimum absolute atomic E-state index is 0.143. The summed E-state index contributed by atoms with van der Waals surface area (Å²) in [4.78, 5) is 16.6. The van der Waals surface area contributed by atoms with Crippen LogP contribution < -0.4 is 0 Å². The Labute approximate surface area is 128 Å². The number of benzene rings is 1. The molecule has 1 aliphatic carbocycles. The Morgan fingerprint density at radius 1 is 1.24 bits per heavy atom. The molecule has 1 aliphatic rings. The van der Waals surface area contributed by atoms with Crippen LogP contribution in [0.3, 0.4) is 0 Å². The maximum Gasteiger partial charge on any atom is 0.253 e. The molecule has 1 amide bonds. The van der Waals surface area contributed by atoms with Crippen LogP contribution in [0.2, 0.25) is 0 Å². The van der Waals surface area contributed by atoms with E-state index in [0.29, 0.717) is 6.04 Å². The van der Waals surface area contributed by atoms with Gasteiger partial charge in [0.05, 0.1) is 0 Å². The van der Waals surface area contributed by atoms with Crippen molar-refractivity contribution in [2.24, 2.45) is 5.92 Å². The molecule has 2 rings (SSSR count). The molecule has 0 aliphatic heterocycles. The molecule has 1 saturated carbocycles. The molecule has 1 aromatic rings. The molecule has 0 aromatic heterocycles. The molecule has 21 heavy (non-hydrogen) atoms. The van der Waals surface area contributed by atoms with E-state index in [-0.39, 0.29) is 5.91 Å². The first-order valence-corrected chi connectivity index (χ1v) is 8.09. The summed E-state index contributed by atoms with van der Waals surface area (Å²) in [6.45, 7) is 9.51. The predicted molar refractivity (Wildman–Crippen MR) is 87.3 cm³/mol. The molecule has 116 valence electrons. The molecule has 3 nitrogen and oxygen atoms in total. The minimum atomic E-state index is 0.143. The van der Waals surface area contributed by atoms with Crippen LogP contribution in [-0.4, -0.2) is 41.9 Å². The molecule has 0 saturated heterocycles. The molecule has 1 aromatic carbocycles. The number of rotatable bonds is 7. The number of hydrogen-bond acceptors (Lipinski definition) is 2. The average molecular weight is 288 g/mol. The lowest BCUT2D eigenvalue weighted by atomic mass is 10.1. The zero-order chi connectivity index (χ0) is 15.4. The fourth-order valence-corrected chi connectivity index (χ4v) is 2.64. The summed E-state index contributed by atoms with van der Waals surface area (Å²) in [7, 11) is 1.91. The first-order chi connectivity index (χ1) is 10.0. The number of carbonyl (C=O) groups is 1. The monoisotopic (exact) mass is 288 g/mol. The van der Waals surface area contributed by atoms with E-state index in [0.717, 1.165) is 31.1 Å². The maximum absolute atomic E-state index is 12.3. The van der Waals surface area contributed by atoms with Gasteiger partial charge in [-0.2, -0.15) is 0 Å². The normalized spacial score (nSPS) is 14.8. The van der Waals surface area contributed by atoms with Crippen molar-refractivity contribution in [2.45, 2.75) is 46.2 Å². The highest BCUT2D eigenvalue weighted by Gasteiger charge is 2.25. The van der Waals surface area contributed by atoms with Gasteiger partial charge < -0.3 is 4.90 Å². The fourth-order valence-electron chi connectivity index (χ4n) is 2.64. The largest absolute Gasteiger partial charge is 0.341 e. The Morgan fingerprint density at radius 3 is 2.33 bits per heavy atom. The first kappa shape index (κ1) is 16.0. The van der Waals surface area contributed by atoms with Crippen molar-refractivity contribution in [1.82, 2.24) is 9.80 Å². The van der Waals surface area contributed by atoms with Crippen LogP contribution >= 0.6 is 0 Å². The Kier molecular flexibility index (Phi) is 5.40. The van der Waals surface area contributed by atoms with Crippen molar-refractivity contribution in [3.63, 3.8) is 0 Å². The van der Waals surface area contributed by atoms with Gasteiger partial charge in [0, 0.05) is 31.7 Å². The molecule has 0 N–H and O–H groups in total. The van der Waals surface area contributed by atoms with Gasteiger partial charge in [-0.3, -0.25) is 9.69 Å². The van der Waals surface area contributed by atoms with Crippen LogP contribution in [-0.2, 0) is 6.54 Å². The maximum atomic E-state index is 12.3. The number of hydrogen-bond donors (Lipinski definition) is 0. The molecule has 0 atom stereocenters. The smallest absolute Gasteiger partial charge is 0.253 e. The van der Waals surface area contributed by atoms with E-state index >= 15 is 0 Å². The summed E-state index contributed by atoms with van der Waals surface area (Å²) >= 11 is 0. The lowest BCUT2D eigenvalue weighted by Gasteiger charge is -2.25. The van der Waals surface area contributed by atoms with Gasteiger partial charge in [-0.1, -0.05) is 19.1 Å². The van der Waals surface area contributed by atoms with Crippen LogP contribution in [0.5, 0.6) is 0 Å². The van der Waals surface area contributed by atoms with E-state index < -0.39 is 0 Å². The van der Waals surface area contributed by atoms with Crippen LogP contribution in [0.4, 0.5) is 0 Å². The van der Waals surface area contributed by atoms with E-state index in [9.17, 15) is 4.79 Å². The average Bonchev–Trinajstić information content (AvgIpc) is 3.28. The Hall–Kier alpha value is -1.35. The predicted octanol–water partition coefficient (Wildman–Crippen LogP) is 3.40. The van der Waals surface area contributed by atoms with Gasteiger partial charge in [-0.15, -0.1) is 0 Å². The third kappa shape index (κ3) is 4.57. The summed E-state index contributed by atoms with van der Waals surface area (Å²) in [6.07, 6.45) is 2.55. The second-order valence-electron chi connectivity index (χ2n) is 6.48. The second kappa shape index (κ2) is 7.08. The van der Waals surface area contributed by atoms with Crippen LogP contribution in [0.1, 0.15) is 49.5 Å². The number of nitrogens with zero attached hydrogens (tertiary/aromatic N) is 2. The van der Waals surface area contributed by atoms with Crippen molar-refractivity contribution >= 4 is 5.91 Å². The van der Waals surface area contributed by atoms with Crippen molar-refractivity contribution in [3.05, 3.63) is 35.4 Å². The molecule has 0 heterocycles. The van der Waals surface area contributed by atoms with Crippen LogP contribution in [0.15, 0.2) is 24.3 Å². The molecular weight excluding hydrogens is 260 g/mol. The van der Waals surface area contributed by atoms with Gasteiger partial charge in [0.2, 0.25) is 0 Å². The Balaban J connectivity index is 1.95. The van der Waals surface area contributed by atoms with Gasteiger partial charge in [0.1, 0.15) is 0 Å². The molecule has 0 unspecified atom stereocenters. The minimum Gasteiger partial charge on any atom is -0.341 e. The molecule has 3 heteroatoms. The van der Waals surface area contributed by atoms with Crippen LogP contribution in [0, 0.1) is 5.92 Å². The topological polar surface area (TPSA) is 23.6 Å². The zero-order valence-electron chi connectivity index (χ0n) is 13.8. The Bertz CT molecular complexity index is 463. The molecule has 0 spiro atoms. The summed E-state index contributed by atoms with van der Waals surface area (Å²) in [5.74, 6) is 0.882. The van der Waals surface area contributed by atoms with Crippen molar-refractivity contribution < 1.29 is 4.79 Å². The second-order valence-corrected chi connectivity index (χ2v) is 6.48. The van der Waals surface area contributed by atoms with E-state index in [1.165, 1.54) is 18.4 Å². The van der Waals surface area contributed by atoms with E-state index in [4.69, 9.17) is 0 Å². The van der Waals surface area contributed by atoms with Gasteiger partial charge in [-0.25, -0.2) is 0 Å². The lowest BCUT2D eigenvalue weighted by Crippen LogP contribution is -2.30. The summed E-state index contributed by atoms with van der Waals surface area (Å²) < 4.78 is 0.